The summed E-state index contributed by atoms with van der Waals surface area (Å²) in [5.41, 5.74) is 0. The van der Waals surface area contributed by atoms with Crippen LogP contribution in [0.2, 0.25) is 0 Å². The second kappa shape index (κ2) is 51.5. The number of rotatable bonds is 50. The quantitative estimate of drug-likeness (QED) is 0.0213. The number of unbranched alkanes of at least 4 members (excludes halogenated alkanes) is 18. The first kappa shape index (κ1) is 66.2. The number of nitrogens with zero attached hydrogens (tertiary/aromatic N) is 1. The third kappa shape index (κ3) is 56.0. The zero-order valence-corrected chi connectivity index (χ0v) is 45.9. The van der Waals surface area contributed by atoms with E-state index in [0.29, 0.717) is 24.1 Å². The minimum absolute atomic E-state index is 0.0770. The normalized spacial score (nSPS) is 14.3. The zero-order chi connectivity index (χ0) is 50.5. The molecule has 2 atom stereocenters. The van der Waals surface area contributed by atoms with Crippen molar-refractivity contribution in [3.8, 4) is 0 Å². The Morgan fingerprint density at radius 2 is 0.841 bits per heavy atom. The van der Waals surface area contributed by atoms with Crippen molar-refractivity contribution in [1.82, 2.24) is 0 Å². The molecule has 69 heavy (non-hydrogen) atoms. The van der Waals surface area contributed by atoms with E-state index >= 15 is 0 Å². The van der Waals surface area contributed by atoms with Crippen LogP contribution in [0.15, 0.2) is 109 Å². The standard InChI is InChI=1S/C60H104NO7P/c1-6-8-10-12-14-16-18-20-22-24-26-28-29-30-31-32-34-36-38-40-42-44-46-48-50-52-55-65-57-59(58-67-69(63,64)66-56-54-61(3,4)5)68-60(62)53-51-49-47-45-43-41-39-37-35-33-27-25-23-21-19-17-15-13-11-9-7-2/h8,10,14,16,19-22,25-28,30-31,34-37,59H,6-7,9,11-13,15,17-18,23-24,29,32-33,38-58H2,1-5H3/p+1/b10-8-,16-14-,21-19-,22-20-,27-25-,28-26-,31-30-,36-34-,37-35-. The maximum atomic E-state index is 12.8. The number of carbonyl (C=O) groups excluding carboxylic acids is 1. The molecule has 0 aromatic heterocycles. The summed E-state index contributed by atoms with van der Waals surface area (Å²) in [5, 5.41) is 0. The summed E-state index contributed by atoms with van der Waals surface area (Å²) in [4.78, 5) is 23.1. The number of phosphoric ester groups is 1. The van der Waals surface area contributed by atoms with Crippen LogP contribution < -0.4 is 0 Å². The second-order valence-corrected chi connectivity index (χ2v) is 20.7. The van der Waals surface area contributed by atoms with E-state index in [-0.39, 0.29) is 25.8 Å². The van der Waals surface area contributed by atoms with E-state index in [1.54, 1.807) is 0 Å². The van der Waals surface area contributed by atoms with E-state index in [9.17, 15) is 14.3 Å². The Bertz CT molecular complexity index is 1470. The van der Waals surface area contributed by atoms with Gasteiger partial charge in [-0.15, -0.1) is 0 Å². The first-order valence-corrected chi connectivity index (χ1v) is 29.1. The molecule has 0 aliphatic rings. The van der Waals surface area contributed by atoms with Gasteiger partial charge in [-0.2, -0.15) is 0 Å². The Kier molecular flexibility index (Phi) is 49.4. The molecule has 0 heterocycles. The molecule has 0 rings (SSSR count). The van der Waals surface area contributed by atoms with Gasteiger partial charge in [0.25, 0.3) is 0 Å². The van der Waals surface area contributed by atoms with Crippen LogP contribution >= 0.6 is 7.82 Å². The Balaban J connectivity index is 4.20. The number of esters is 1. The molecule has 0 saturated heterocycles. The van der Waals surface area contributed by atoms with Gasteiger partial charge in [-0.3, -0.25) is 13.8 Å². The second-order valence-electron chi connectivity index (χ2n) is 19.2. The van der Waals surface area contributed by atoms with Crippen LogP contribution in [-0.4, -0.2) is 75.6 Å². The van der Waals surface area contributed by atoms with Crippen molar-refractivity contribution in [2.75, 3.05) is 54.1 Å². The highest BCUT2D eigenvalue weighted by Gasteiger charge is 2.26. The van der Waals surface area contributed by atoms with E-state index in [0.717, 1.165) is 109 Å². The fraction of sp³-hybridized carbons (Fsp3) is 0.683. The molecule has 8 nitrogen and oxygen atoms in total. The lowest BCUT2D eigenvalue weighted by Crippen LogP contribution is -2.37. The molecule has 396 valence electrons. The number of carbonyl (C=O) groups is 1. The fourth-order valence-corrected chi connectivity index (χ4v) is 7.83. The Labute approximate surface area is 425 Å². The summed E-state index contributed by atoms with van der Waals surface area (Å²) in [6, 6.07) is 0. The molecule has 2 unspecified atom stereocenters. The summed E-state index contributed by atoms with van der Waals surface area (Å²) in [6.07, 6.45) is 72.8. The molecule has 0 saturated carbocycles. The largest absolute Gasteiger partial charge is 0.472 e. The van der Waals surface area contributed by atoms with Crippen LogP contribution in [0.25, 0.3) is 0 Å². The van der Waals surface area contributed by atoms with Crippen LogP contribution in [0, 0.1) is 0 Å². The molecule has 0 aromatic rings. The summed E-state index contributed by atoms with van der Waals surface area (Å²) < 4.78 is 35.2. The Morgan fingerprint density at radius 3 is 1.26 bits per heavy atom. The lowest BCUT2D eigenvalue weighted by Gasteiger charge is -2.24. The average molecular weight is 983 g/mol. The van der Waals surface area contributed by atoms with Gasteiger partial charge in [-0.05, 0) is 103 Å². The smallest absolute Gasteiger partial charge is 0.457 e. The third-order valence-corrected chi connectivity index (χ3v) is 12.3. The monoisotopic (exact) mass is 983 g/mol. The van der Waals surface area contributed by atoms with Crippen molar-refractivity contribution >= 4 is 13.8 Å². The van der Waals surface area contributed by atoms with Gasteiger partial charge < -0.3 is 18.9 Å². The molecule has 0 bridgehead atoms. The van der Waals surface area contributed by atoms with Gasteiger partial charge in [-0.25, -0.2) is 4.57 Å². The van der Waals surface area contributed by atoms with Crippen LogP contribution in [0.4, 0.5) is 0 Å². The lowest BCUT2D eigenvalue weighted by atomic mass is 10.1. The summed E-state index contributed by atoms with van der Waals surface area (Å²) in [5.74, 6) is -0.334. The predicted octanol–water partition coefficient (Wildman–Crippen LogP) is 17.5. The molecule has 0 radical (unpaired) electrons. The first-order chi connectivity index (χ1) is 33.6. The Morgan fingerprint density at radius 1 is 0.464 bits per heavy atom. The number of phosphoric acid groups is 1. The van der Waals surface area contributed by atoms with Crippen molar-refractivity contribution < 1.29 is 37.3 Å². The summed E-state index contributed by atoms with van der Waals surface area (Å²) in [6.45, 7) is 5.44. The minimum atomic E-state index is -4.30. The fourth-order valence-electron chi connectivity index (χ4n) is 7.09. The molecule has 9 heteroatoms. The van der Waals surface area contributed by atoms with E-state index in [1.807, 2.05) is 21.1 Å². The third-order valence-electron chi connectivity index (χ3n) is 11.3. The highest BCUT2D eigenvalue weighted by atomic mass is 31.2. The lowest BCUT2D eigenvalue weighted by molar-refractivity contribution is -0.870. The van der Waals surface area contributed by atoms with Crippen molar-refractivity contribution in [2.24, 2.45) is 0 Å². The van der Waals surface area contributed by atoms with Crippen molar-refractivity contribution in [3.05, 3.63) is 109 Å². The highest BCUT2D eigenvalue weighted by Crippen LogP contribution is 2.43. The zero-order valence-electron chi connectivity index (χ0n) is 45.0. The van der Waals surface area contributed by atoms with Gasteiger partial charge in [0.2, 0.25) is 0 Å². The minimum Gasteiger partial charge on any atom is -0.457 e. The van der Waals surface area contributed by atoms with Gasteiger partial charge in [-0.1, -0.05) is 207 Å². The Hall–Kier alpha value is -2.84. The van der Waals surface area contributed by atoms with Crippen molar-refractivity contribution in [2.45, 2.75) is 213 Å². The number of ether oxygens (including phenoxy) is 2. The SMILES string of the molecule is CC/C=C\C/C=C\C/C=C\C/C=C\C/C=C\C/C=C\CCCCCCCCCOCC(COP(=O)(O)OCC[N+](C)(C)C)OC(=O)CCCCCCCC/C=C\C/C=C\C/C=C\CCCCCCC. The summed E-state index contributed by atoms with van der Waals surface area (Å²) in [7, 11) is 1.63. The van der Waals surface area contributed by atoms with Gasteiger partial charge in [0.05, 0.1) is 34.4 Å². The molecule has 0 amide bonds. The van der Waals surface area contributed by atoms with Crippen LogP contribution in [0.3, 0.4) is 0 Å². The maximum absolute atomic E-state index is 12.8. The van der Waals surface area contributed by atoms with Crippen molar-refractivity contribution in [3.63, 3.8) is 0 Å². The van der Waals surface area contributed by atoms with Gasteiger partial charge in [0, 0.05) is 13.0 Å². The molecule has 0 aromatic carbocycles. The van der Waals surface area contributed by atoms with Gasteiger partial charge in [0.15, 0.2) is 0 Å². The van der Waals surface area contributed by atoms with Crippen LogP contribution in [-0.2, 0) is 27.9 Å². The molecule has 1 N–H and O–H groups in total. The number of allylic oxidation sites excluding steroid dienone is 18. The highest BCUT2D eigenvalue weighted by molar-refractivity contribution is 7.47. The number of hydrogen-bond donors (Lipinski definition) is 1. The van der Waals surface area contributed by atoms with Gasteiger partial charge >= 0.3 is 13.8 Å². The van der Waals surface area contributed by atoms with E-state index in [4.69, 9.17) is 18.5 Å². The summed E-state index contributed by atoms with van der Waals surface area (Å²) >= 11 is 0. The van der Waals surface area contributed by atoms with Crippen molar-refractivity contribution in [1.29, 1.82) is 0 Å². The molecule has 0 aliphatic heterocycles. The molecule has 0 spiro atoms. The molecule has 0 fully saturated rings. The maximum Gasteiger partial charge on any atom is 0.472 e. The topological polar surface area (TPSA) is 91.3 Å². The van der Waals surface area contributed by atoms with Gasteiger partial charge in [0.1, 0.15) is 19.3 Å². The van der Waals surface area contributed by atoms with E-state index in [2.05, 4.69) is 123 Å². The number of likely N-dealkylation sites (N-methyl/N-ethyl adjacent to an activating group) is 1. The van der Waals surface area contributed by atoms with E-state index < -0.39 is 13.9 Å². The predicted molar refractivity (Wildman–Crippen MR) is 297 cm³/mol. The first-order valence-electron chi connectivity index (χ1n) is 27.6. The average Bonchev–Trinajstić information content (AvgIpc) is 3.31. The molecular weight excluding hydrogens is 878 g/mol. The van der Waals surface area contributed by atoms with E-state index in [1.165, 1.54) is 77.0 Å². The number of quaternary nitrogens is 1. The molecular formula is C60H105NO7P+. The van der Waals surface area contributed by atoms with Crippen LogP contribution in [0.1, 0.15) is 206 Å². The van der Waals surface area contributed by atoms with Crippen LogP contribution in [0.5, 0.6) is 0 Å². The molecule has 0 aliphatic carbocycles. The number of hydrogen-bond acceptors (Lipinski definition) is 6.